The summed E-state index contributed by atoms with van der Waals surface area (Å²) in [5, 5.41) is 4.61. The summed E-state index contributed by atoms with van der Waals surface area (Å²) in [5.41, 5.74) is 3.17. The van der Waals surface area contributed by atoms with Crippen molar-refractivity contribution in [1.82, 2.24) is 10.2 Å². The second kappa shape index (κ2) is 5.32. The molecule has 1 N–H and O–H groups in total. The van der Waals surface area contributed by atoms with Crippen LogP contribution in [0.25, 0.3) is 0 Å². The van der Waals surface area contributed by atoms with E-state index in [-0.39, 0.29) is 11.0 Å². The smallest absolute Gasteiger partial charge is 0.0409 e. The van der Waals surface area contributed by atoms with Gasteiger partial charge in [-0.1, -0.05) is 31.5 Å². The summed E-state index contributed by atoms with van der Waals surface area (Å²) in [6, 6.07) is 6.68. The molecule has 0 spiro atoms. The molecule has 20 heavy (non-hydrogen) atoms. The van der Waals surface area contributed by atoms with Gasteiger partial charge in [0.05, 0.1) is 0 Å². The molecule has 0 fully saturated rings. The van der Waals surface area contributed by atoms with Crippen LogP contribution >= 0.6 is 11.6 Å². The Morgan fingerprint density at radius 1 is 1.35 bits per heavy atom. The van der Waals surface area contributed by atoms with Gasteiger partial charge in [-0.3, -0.25) is 0 Å². The molecule has 2 rings (SSSR count). The topological polar surface area (TPSA) is 15.3 Å². The minimum atomic E-state index is 0.136. The lowest BCUT2D eigenvalue weighted by Gasteiger charge is -2.37. The van der Waals surface area contributed by atoms with Crippen molar-refractivity contribution in [2.75, 3.05) is 20.6 Å². The first kappa shape index (κ1) is 15.8. The molecule has 3 heteroatoms. The summed E-state index contributed by atoms with van der Waals surface area (Å²) in [6.45, 7) is 10.2. The first-order valence-corrected chi connectivity index (χ1v) is 7.70. The van der Waals surface area contributed by atoms with Crippen LogP contribution in [0.2, 0.25) is 5.02 Å². The van der Waals surface area contributed by atoms with Crippen molar-refractivity contribution >= 4 is 11.6 Å². The predicted octanol–water partition coefficient (Wildman–Crippen LogP) is 3.89. The van der Waals surface area contributed by atoms with E-state index in [1.54, 1.807) is 0 Å². The zero-order valence-electron chi connectivity index (χ0n) is 13.5. The van der Waals surface area contributed by atoms with Crippen molar-refractivity contribution in [1.29, 1.82) is 0 Å². The van der Waals surface area contributed by atoms with Crippen LogP contribution in [0.1, 0.15) is 44.9 Å². The number of halogens is 1. The molecule has 2 nitrogen and oxygen atoms in total. The number of fused-ring (bicyclic) bond motifs is 1. The van der Waals surface area contributed by atoms with Crippen LogP contribution < -0.4 is 5.32 Å². The van der Waals surface area contributed by atoms with E-state index in [1.807, 2.05) is 6.07 Å². The van der Waals surface area contributed by atoms with Gasteiger partial charge in [-0.25, -0.2) is 0 Å². The zero-order valence-corrected chi connectivity index (χ0v) is 14.3. The maximum atomic E-state index is 6.19. The van der Waals surface area contributed by atoms with E-state index < -0.39 is 0 Å². The molecule has 0 radical (unpaired) electrons. The lowest BCUT2D eigenvalue weighted by molar-refractivity contribution is 0.165. The third kappa shape index (κ3) is 3.03. The summed E-state index contributed by atoms with van der Waals surface area (Å²) in [7, 11) is 4.26. The molecule has 0 saturated carbocycles. The summed E-state index contributed by atoms with van der Waals surface area (Å²) in [5.74, 6) is 0. The zero-order chi connectivity index (χ0) is 15.1. The molecule has 112 valence electrons. The van der Waals surface area contributed by atoms with Crippen molar-refractivity contribution in [3.8, 4) is 0 Å². The van der Waals surface area contributed by atoms with Crippen LogP contribution in [-0.2, 0) is 6.42 Å². The molecule has 0 amide bonds. The van der Waals surface area contributed by atoms with Gasteiger partial charge < -0.3 is 10.2 Å². The van der Waals surface area contributed by atoms with E-state index in [2.05, 4.69) is 64.1 Å². The Balaban J connectivity index is 2.21. The van der Waals surface area contributed by atoms with Gasteiger partial charge in [0, 0.05) is 23.1 Å². The number of hydrogen-bond acceptors (Lipinski definition) is 2. The molecule has 0 saturated heterocycles. The van der Waals surface area contributed by atoms with Gasteiger partial charge in [0.1, 0.15) is 0 Å². The quantitative estimate of drug-likeness (QED) is 0.906. The molecule has 1 aromatic rings. The molecule has 1 atom stereocenters. The van der Waals surface area contributed by atoms with Crippen molar-refractivity contribution in [2.24, 2.45) is 5.41 Å². The highest BCUT2D eigenvalue weighted by Gasteiger charge is 2.39. The lowest BCUT2D eigenvalue weighted by atomic mass is 9.85. The predicted molar refractivity (Wildman–Crippen MR) is 87.4 cm³/mol. The SMILES string of the molecule is CN(C)C(C)(C)CNC1c2cc(Cl)ccc2CC1(C)C. The van der Waals surface area contributed by atoms with Gasteiger partial charge in [0.25, 0.3) is 0 Å². The molecule has 1 aliphatic carbocycles. The van der Waals surface area contributed by atoms with Crippen molar-refractivity contribution < 1.29 is 0 Å². The van der Waals surface area contributed by atoms with E-state index in [0.29, 0.717) is 6.04 Å². The van der Waals surface area contributed by atoms with E-state index in [9.17, 15) is 0 Å². The minimum Gasteiger partial charge on any atom is -0.308 e. The highest BCUT2D eigenvalue weighted by Crippen LogP contribution is 2.45. The van der Waals surface area contributed by atoms with Crippen LogP contribution in [0.5, 0.6) is 0 Å². The van der Waals surface area contributed by atoms with Crippen LogP contribution in [0.3, 0.4) is 0 Å². The molecule has 0 aliphatic heterocycles. The van der Waals surface area contributed by atoms with E-state index in [4.69, 9.17) is 11.6 Å². The van der Waals surface area contributed by atoms with Gasteiger partial charge in [0.15, 0.2) is 0 Å². The van der Waals surface area contributed by atoms with Crippen LogP contribution in [0.15, 0.2) is 18.2 Å². The summed E-state index contributed by atoms with van der Waals surface area (Å²) < 4.78 is 0. The Kier molecular flexibility index (Phi) is 4.21. The van der Waals surface area contributed by atoms with E-state index >= 15 is 0 Å². The number of benzene rings is 1. The van der Waals surface area contributed by atoms with Crippen molar-refractivity contribution in [3.05, 3.63) is 34.3 Å². The van der Waals surface area contributed by atoms with E-state index in [1.165, 1.54) is 11.1 Å². The largest absolute Gasteiger partial charge is 0.308 e. The first-order chi connectivity index (χ1) is 9.13. The second-order valence-corrected chi connectivity index (χ2v) is 7.97. The minimum absolute atomic E-state index is 0.136. The maximum absolute atomic E-state index is 6.19. The van der Waals surface area contributed by atoms with Crippen molar-refractivity contribution in [2.45, 2.75) is 45.7 Å². The fraction of sp³-hybridized carbons (Fsp3) is 0.647. The molecule has 0 heterocycles. The standard InChI is InChI=1S/C17H27ClN2/c1-16(2)10-12-7-8-13(18)9-14(12)15(16)19-11-17(3,4)20(5)6/h7-9,15,19H,10-11H2,1-6H3. The molecule has 0 bridgehead atoms. The Morgan fingerprint density at radius 2 is 2.00 bits per heavy atom. The van der Waals surface area contributed by atoms with Crippen LogP contribution in [0, 0.1) is 5.41 Å². The number of nitrogens with zero attached hydrogens (tertiary/aromatic N) is 1. The van der Waals surface area contributed by atoms with Gasteiger partial charge in [-0.15, -0.1) is 0 Å². The number of hydrogen-bond donors (Lipinski definition) is 1. The van der Waals surface area contributed by atoms with Gasteiger partial charge in [0.2, 0.25) is 0 Å². The Morgan fingerprint density at radius 3 is 2.60 bits per heavy atom. The molecule has 1 unspecified atom stereocenters. The number of rotatable bonds is 4. The maximum Gasteiger partial charge on any atom is 0.0409 e. The summed E-state index contributed by atoms with van der Waals surface area (Å²) in [4.78, 5) is 2.26. The average Bonchev–Trinajstić information content (AvgIpc) is 2.56. The molecule has 1 aliphatic rings. The second-order valence-electron chi connectivity index (χ2n) is 7.53. The monoisotopic (exact) mass is 294 g/mol. The molecule has 1 aromatic carbocycles. The van der Waals surface area contributed by atoms with Gasteiger partial charge in [-0.2, -0.15) is 0 Å². The highest BCUT2D eigenvalue weighted by atomic mass is 35.5. The van der Waals surface area contributed by atoms with Gasteiger partial charge >= 0.3 is 0 Å². The third-order valence-corrected chi connectivity index (χ3v) is 5.03. The van der Waals surface area contributed by atoms with Crippen LogP contribution in [-0.4, -0.2) is 31.1 Å². The van der Waals surface area contributed by atoms with Gasteiger partial charge in [-0.05, 0) is 63.0 Å². The fourth-order valence-corrected chi connectivity index (χ4v) is 3.09. The highest BCUT2D eigenvalue weighted by molar-refractivity contribution is 6.30. The fourth-order valence-electron chi connectivity index (χ4n) is 2.91. The number of nitrogens with one attached hydrogen (secondary N) is 1. The van der Waals surface area contributed by atoms with E-state index in [0.717, 1.165) is 18.0 Å². The molecular formula is C17H27ClN2. The Bertz CT molecular complexity index is 492. The first-order valence-electron chi connectivity index (χ1n) is 7.33. The third-order valence-electron chi connectivity index (χ3n) is 4.80. The Labute approximate surface area is 128 Å². The number of likely N-dealkylation sites (N-methyl/N-ethyl adjacent to an activating group) is 1. The lowest BCUT2D eigenvalue weighted by Crippen LogP contribution is -2.48. The normalized spacial score (nSPS) is 21.3. The molecule has 0 aromatic heterocycles. The van der Waals surface area contributed by atoms with Crippen LogP contribution in [0.4, 0.5) is 0 Å². The molecular weight excluding hydrogens is 268 g/mol. The van der Waals surface area contributed by atoms with Crippen molar-refractivity contribution in [3.63, 3.8) is 0 Å². The summed E-state index contributed by atoms with van der Waals surface area (Å²) >= 11 is 6.19. The Hall–Kier alpha value is -0.570. The summed E-state index contributed by atoms with van der Waals surface area (Å²) in [6.07, 6.45) is 1.11. The average molecular weight is 295 g/mol.